The van der Waals surface area contributed by atoms with E-state index in [2.05, 4.69) is 39.6 Å². The average Bonchev–Trinajstić information content (AvgIpc) is 1.99. The van der Waals surface area contributed by atoms with E-state index in [0.717, 1.165) is 23.9 Å². The molecule has 0 spiro atoms. The first-order valence-corrected chi connectivity index (χ1v) is 5.24. The van der Waals surface area contributed by atoms with E-state index in [1.54, 1.807) is 0 Å². The Morgan fingerprint density at radius 1 is 1.08 bits per heavy atom. The Bertz CT molecular complexity index is 130. The molecule has 1 heteroatoms. The zero-order chi connectivity index (χ0) is 9.30. The third kappa shape index (κ3) is 2.01. The summed E-state index contributed by atoms with van der Waals surface area (Å²) >= 11 is 0. The lowest BCUT2D eigenvalue weighted by Crippen LogP contribution is -2.44. The molecule has 0 aromatic carbocycles. The van der Waals surface area contributed by atoms with Gasteiger partial charge in [-0.2, -0.15) is 0 Å². The van der Waals surface area contributed by atoms with E-state index in [0.29, 0.717) is 0 Å². The predicted molar refractivity (Wildman–Crippen MR) is 54.2 cm³/mol. The average molecular weight is 169 g/mol. The van der Waals surface area contributed by atoms with Crippen LogP contribution in [-0.2, 0) is 0 Å². The van der Waals surface area contributed by atoms with Crippen molar-refractivity contribution in [2.75, 3.05) is 7.05 Å². The molecule has 0 amide bonds. The van der Waals surface area contributed by atoms with Gasteiger partial charge in [-0.05, 0) is 45.6 Å². The molecule has 0 radical (unpaired) electrons. The summed E-state index contributed by atoms with van der Waals surface area (Å²) in [4.78, 5) is 2.51. The van der Waals surface area contributed by atoms with Gasteiger partial charge in [-0.1, -0.05) is 13.8 Å². The smallest absolute Gasteiger partial charge is 0.00694 e. The Hall–Kier alpha value is -0.0400. The molecule has 0 aliphatic carbocycles. The van der Waals surface area contributed by atoms with Gasteiger partial charge in [-0.15, -0.1) is 0 Å². The van der Waals surface area contributed by atoms with Crippen molar-refractivity contribution >= 4 is 0 Å². The molecule has 1 fully saturated rings. The number of hydrogen-bond donors (Lipinski definition) is 0. The van der Waals surface area contributed by atoms with E-state index in [9.17, 15) is 0 Å². The Morgan fingerprint density at radius 2 is 1.50 bits per heavy atom. The molecule has 1 aliphatic heterocycles. The lowest BCUT2D eigenvalue weighted by molar-refractivity contribution is 0.0789. The largest absolute Gasteiger partial charge is 0.301 e. The van der Waals surface area contributed by atoms with Gasteiger partial charge in [-0.3, -0.25) is 0 Å². The number of piperidine rings is 1. The fraction of sp³-hybridized carbons (Fsp3) is 1.00. The van der Waals surface area contributed by atoms with Gasteiger partial charge >= 0.3 is 0 Å². The quantitative estimate of drug-likeness (QED) is 0.583. The summed E-state index contributed by atoms with van der Waals surface area (Å²) in [5.41, 5.74) is 0. The summed E-state index contributed by atoms with van der Waals surface area (Å²) in [6, 6.07) is 1.56. The SMILES string of the molecule is CC(C)C1C[C@@H](C)N(C)[C@@H](C)C1. The van der Waals surface area contributed by atoms with Crippen molar-refractivity contribution in [3.05, 3.63) is 0 Å². The minimum absolute atomic E-state index is 0.779. The van der Waals surface area contributed by atoms with Gasteiger partial charge in [0.15, 0.2) is 0 Å². The van der Waals surface area contributed by atoms with Gasteiger partial charge < -0.3 is 4.90 Å². The van der Waals surface area contributed by atoms with Gasteiger partial charge in [0.25, 0.3) is 0 Å². The molecule has 12 heavy (non-hydrogen) atoms. The summed E-state index contributed by atoms with van der Waals surface area (Å²) in [5, 5.41) is 0. The zero-order valence-electron chi connectivity index (χ0n) is 9.17. The van der Waals surface area contributed by atoms with E-state index in [1.165, 1.54) is 12.8 Å². The molecule has 72 valence electrons. The van der Waals surface area contributed by atoms with Crippen LogP contribution in [0.5, 0.6) is 0 Å². The summed E-state index contributed by atoms with van der Waals surface area (Å²) in [6.45, 7) is 9.42. The van der Waals surface area contributed by atoms with Crippen molar-refractivity contribution in [1.82, 2.24) is 4.90 Å². The molecule has 1 saturated heterocycles. The van der Waals surface area contributed by atoms with Crippen molar-refractivity contribution in [3.8, 4) is 0 Å². The molecule has 1 nitrogen and oxygen atoms in total. The number of likely N-dealkylation sites (tertiary alicyclic amines) is 1. The first-order valence-electron chi connectivity index (χ1n) is 5.24. The van der Waals surface area contributed by atoms with Gasteiger partial charge in [0.05, 0.1) is 0 Å². The van der Waals surface area contributed by atoms with Crippen molar-refractivity contribution in [2.24, 2.45) is 11.8 Å². The molecule has 0 N–H and O–H groups in total. The zero-order valence-corrected chi connectivity index (χ0v) is 9.17. The van der Waals surface area contributed by atoms with Crippen LogP contribution >= 0.6 is 0 Å². The third-order valence-electron chi connectivity index (χ3n) is 3.62. The molecule has 3 atom stereocenters. The van der Waals surface area contributed by atoms with E-state index in [4.69, 9.17) is 0 Å². The van der Waals surface area contributed by atoms with Crippen molar-refractivity contribution in [2.45, 2.75) is 52.6 Å². The first-order chi connectivity index (χ1) is 5.52. The van der Waals surface area contributed by atoms with Gasteiger partial charge in [0, 0.05) is 12.1 Å². The van der Waals surface area contributed by atoms with Crippen LogP contribution in [0.15, 0.2) is 0 Å². The Morgan fingerprint density at radius 3 is 1.83 bits per heavy atom. The monoisotopic (exact) mass is 169 g/mol. The second-order valence-electron chi connectivity index (χ2n) is 4.84. The van der Waals surface area contributed by atoms with Gasteiger partial charge in [0.1, 0.15) is 0 Å². The van der Waals surface area contributed by atoms with E-state index in [-0.39, 0.29) is 0 Å². The van der Waals surface area contributed by atoms with Crippen LogP contribution in [-0.4, -0.2) is 24.0 Å². The minimum Gasteiger partial charge on any atom is -0.301 e. The normalized spacial score (nSPS) is 39.0. The molecule has 1 heterocycles. The molecule has 0 saturated carbocycles. The lowest BCUT2D eigenvalue weighted by atomic mass is 9.80. The van der Waals surface area contributed by atoms with Crippen LogP contribution in [0.2, 0.25) is 0 Å². The van der Waals surface area contributed by atoms with Crippen LogP contribution in [0.1, 0.15) is 40.5 Å². The number of nitrogens with zero attached hydrogens (tertiary/aromatic N) is 1. The maximum atomic E-state index is 2.51. The molecule has 1 rings (SSSR count). The molecular formula is C11H23N. The van der Waals surface area contributed by atoms with Crippen LogP contribution in [0.25, 0.3) is 0 Å². The summed E-state index contributed by atoms with van der Waals surface area (Å²) in [6.07, 6.45) is 2.77. The highest BCUT2D eigenvalue weighted by Crippen LogP contribution is 2.31. The molecule has 0 bridgehead atoms. The second-order valence-corrected chi connectivity index (χ2v) is 4.84. The van der Waals surface area contributed by atoms with Crippen LogP contribution in [0.3, 0.4) is 0 Å². The topological polar surface area (TPSA) is 3.24 Å². The fourth-order valence-corrected chi connectivity index (χ4v) is 2.28. The molecule has 1 aliphatic rings. The maximum absolute atomic E-state index is 2.51. The van der Waals surface area contributed by atoms with E-state index >= 15 is 0 Å². The second kappa shape index (κ2) is 3.78. The highest BCUT2D eigenvalue weighted by Gasteiger charge is 2.29. The Kier molecular flexibility index (Phi) is 3.16. The molecule has 0 aromatic heterocycles. The van der Waals surface area contributed by atoms with Crippen LogP contribution in [0.4, 0.5) is 0 Å². The summed E-state index contributed by atoms with van der Waals surface area (Å²) in [5.74, 6) is 1.81. The lowest BCUT2D eigenvalue weighted by Gasteiger charge is -2.41. The van der Waals surface area contributed by atoms with Crippen molar-refractivity contribution in [1.29, 1.82) is 0 Å². The third-order valence-corrected chi connectivity index (χ3v) is 3.62. The molecular weight excluding hydrogens is 146 g/mol. The summed E-state index contributed by atoms with van der Waals surface area (Å²) < 4.78 is 0. The van der Waals surface area contributed by atoms with Crippen LogP contribution < -0.4 is 0 Å². The first kappa shape index (κ1) is 10.0. The Balaban J connectivity index is 2.53. The number of hydrogen-bond acceptors (Lipinski definition) is 1. The highest BCUT2D eigenvalue weighted by molar-refractivity contribution is 4.83. The molecule has 1 unspecified atom stereocenters. The van der Waals surface area contributed by atoms with E-state index < -0.39 is 0 Å². The predicted octanol–water partition coefficient (Wildman–Crippen LogP) is 2.76. The standard InChI is InChI=1S/C11H23N/c1-8(2)11-6-9(3)12(5)10(4)7-11/h8-11H,6-7H2,1-5H3/t9-,10+,11?. The van der Waals surface area contributed by atoms with Crippen LogP contribution in [0, 0.1) is 11.8 Å². The minimum atomic E-state index is 0.779. The summed E-state index contributed by atoms with van der Waals surface area (Å²) in [7, 11) is 2.26. The maximum Gasteiger partial charge on any atom is 0.00694 e. The fourth-order valence-electron chi connectivity index (χ4n) is 2.28. The molecule has 0 aromatic rings. The highest BCUT2D eigenvalue weighted by atomic mass is 15.2. The van der Waals surface area contributed by atoms with Gasteiger partial charge in [-0.25, -0.2) is 0 Å². The number of rotatable bonds is 1. The van der Waals surface area contributed by atoms with Crippen molar-refractivity contribution < 1.29 is 0 Å². The van der Waals surface area contributed by atoms with Gasteiger partial charge in [0.2, 0.25) is 0 Å². The van der Waals surface area contributed by atoms with E-state index in [1.807, 2.05) is 0 Å². The Labute approximate surface area is 77.1 Å². The van der Waals surface area contributed by atoms with Crippen molar-refractivity contribution in [3.63, 3.8) is 0 Å².